The van der Waals surface area contributed by atoms with Crippen molar-refractivity contribution < 1.29 is 9.53 Å². The Balaban J connectivity index is 2.04. The van der Waals surface area contributed by atoms with Crippen LogP contribution in [-0.2, 0) is 9.53 Å². The number of thiazole rings is 1. The molecule has 0 aliphatic carbocycles. The Kier molecular flexibility index (Phi) is 3.58. The van der Waals surface area contributed by atoms with Gasteiger partial charge in [0.15, 0.2) is 0 Å². The highest BCUT2D eigenvalue weighted by Gasteiger charge is 2.09. The van der Waals surface area contributed by atoms with Gasteiger partial charge in [-0.15, -0.1) is 11.3 Å². The number of ether oxygens (including phenoxy) is 1. The monoisotopic (exact) mass is 250 g/mol. The number of hydrogen-bond donors (Lipinski definition) is 1. The summed E-state index contributed by atoms with van der Waals surface area (Å²) >= 11 is 1.60. The van der Waals surface area contributed by atoms with E-state index in [1.54, 1.807) is 11.3 Å². The smallest absolute Gasteiger partial charge is 0.307 e. The number of nitrogens with one attached hydrogen (secondary N) is 1. The van der Waals surface area contributed by atoms with E-state index in [0.29, 0.717) is 6.42 Å². The van der Waals surface area contributed by atoms with Crippen LogP contribution in [-0.4, -0.2) is 24.1 Å². The number of rotatable bonds is 4. The van der Waals surface area contributed by atoms with E-state index >= 15 is 0 Å². The van der Waals surface area contributed by atoms with E-state index in [1.165, 1.54) is 7.11 Å². The number of anilines is 1. The zero-order valence-electron chi connectivity index (χ0n) is 9.77. The van der Waals surface area contributed by atoms with Gasteiger partial charge in [0.25, 0.3) is 0 Å². The summed E-state index contributed by atoms with van der Waals surface area (Å²) in [5, 5.41) is 3.27. The maximum absolute atomic E-state index is 11.1. The van der Waals surface area contributed by atoms with Crippen LogP contribution < -0.4 is 5.32 Å². The summed E-state index contributed by atoms with van der Waals surface area (Å²) in [5.74, 6) is -0.205. The topological polar surface area (TPSA) is 51.2 Å². The molecule has 0 aliphatic rings. The van der Waals surface area contributed by atoms with E-state index in [2.05, 4.69) is 15.0 Å². The molecule has 0 radical (unpaired) electrons. The van der Waals surface area contributed by atoms with Crippen LogP contribution in [0.15, 0.2) is 23.7 Å². The van der Waals surface area contributed by atoms with Gasteiger partial charge in [-0.3, -0.25) is 4.79 Å². The first-order valence-electron chi connectivity index (χ1n) is 5.35. The number of esters is 1. The highest BCUT2D eigenvalue weighted by molar-refractivity contribution is 7.16. The zero-order chi connectivity index (χ0) is 12.3. The summed E-state index contributed by atoms with van der Waals surface area (Å²) in [4.78, 5) is 15.3. The third-order valence-corrected chi connectivity index (χ3v) is 3.24. The molecular weight excluding hydrogens is 236 g/mol. The minimum Gasteiger partial charge on any atom is -0.469 e. The van der Waals surface area contributed by atoms with Gasteiger partial charge >= 0.3 is 5.97 Å². The molecule has 0 spiro atoms. The second kappa shape index (κ2) is 5.14. The second-order valence-corrected chi connectivity index (χ2v) is 4.75. The standard InChI is InChI=1S/C12H14N2O2S/c1-8(5-12(15)16-2)14-9-3-4-10-11(6-9)17-7-13-10/h3-4,6-8,14H,5H2,1-2H3. The van der Waals surface area contributed by atoms with Gasteiger partial charge in [0, 0.05) is 11.7 Å². The summed E-state index contributed by atoms with van der Waals surface area (Å²) in [5.41, 5.74) is 3.83. The van der Waals surface area contributed by atoms with E-state index < -0.39 is 0 Å². The van der Waals surface area contributed by atoms with E-state index in [0.717, 1.165) is 15.9 Å². The van der Waals surface area contributed by atoms with Crippen molar-refractivity contribution in [1.29, 1.82) is 0 Å². The van der Waals surface area contributed by atoms with Crippen LogP contribution >= 0.6 is 11.3 Å². The molecule has 0 saturated heterocycles. The normalized spacial score (nSPS) is 12.4. The molecule has 0 aliphatic heterocycles. The maximum Gasteiger partial charge on any atom is 0.307 e. The summed E-state index contributed by atoms with van der Waals surface area (Å²) in [6, 6.07) is 6.03. The van der Waals surface area contributed by atoms with Gasteiger partial charge < -0.3 is 10.1 Å². The first-order valence-corrected chi connectivity index (χ1v) is 6.23. The van der Waals surface area contributed by atoms with Gasteiger partial charge in [-0.05, 0) is 25.1 Å². The van der Waals surface area contributed by atoms with Gasteiger partial charge in [0.1, 0.15) is 0 Å². The Labute approximate surface area is 104 Å². The molecule has 2 rings (SSSR count). The van der Waals surface area contributed by atoms with Crippen LogP contribution in [0.3, 0.4) is 0 Å². The molecule has 0 amide bonds. The fourth-order valence-electron chi connectivity index (χ4n) is 1.61. The van der Waals surface area contributed by atoms with Gasteiger partial charge in [-0.25, -0.2) is 4.98 Å². The molecule has 0 bridgehead atoms. The van der Waals surface area contributed by atoms with Crippen LogP contribution in [0, 0.1) is 0 Å². The van der Waals surface area contributed by atoms with Crippen molar-refractivity contribution in [3.05, 3.63) is 23.7 Å². The SMILES string of the molecule is COC(=O)CC(C)Nc1ccc2ncsc2c1. The lowest BCUT2D eigenvalue weighted by Gasteiger charge is -2.13. The Bertz CT molecular complexity index is 524. The summed E-state index contributed by atoms with van der Waals surface area (Å²) < 4.78 is 5.77. The molecule has 0 saturated carbocycles. The number of hydrogen-bond acceptors (Lipinski definition) is 5. The lowest BCUT2D eigenvalue weighted by atomic mass is 10.2. The van der Waals surface area contributed by atoms with Crippen molar-refractivity contribution in [2.24, 2.45) is 0 Å². The largest absolute Gasteiger partial charge is 0.469 e. The van der Waals surface area contributed by atoms with Crippen molar-refractivity contribution in [3.8, 4) is 0 Å². The molecule has 1 aromatic heterocycles. The fraction of sp³-hybridized carbons (Fsp3) is 0.333. The predicted octanol–water partition coefficient (Wildman–Crippen LogP) is 2.66. The number of aromatic nitrogens is 1. The van der Waals surface area contributed by atoms with Crippen LogP contribution in [0.5, 0.6) is 0 Å². The maximum atomic E-state index is 11.1. The molecule has 1 atom stereocenters. The van der Waals surface area contributed by atoms with Gasteiger partial charge in [0.05, 0.1) is 29.3 Å². The summed E-state index contributed by atoms with van der Waals surface area (Å²) in [6.07, 6.45) is 0.358. The predicted molar refractivity (Wildman–Crippen MR) is 69.3 cm³/mol. The highest BCUT2D eigenvalue weighted by atomic mass is 32.1. The molecular formula is C12H14N2O2S. The van der Waals surface area contributed by atoms with E-state index in [-0.39, 0.29) is 12.0 Å². The lowest BCUT2D eigenvalue weighted by Crippen LogP contribution is -2.20. The first-order chi connectivity index (χ1) is 8.19. The molecule has 5 heteroatoms. The van der Waals surface area contributed by atoms with Crippen molar-refractivity contribution in [3.63, 3.8) is 0 Å². The fourth-order valence-corrected chi connectivity index (χ4v) is 2.33. The molecule has 1 unspecified atom stereocenters. The summed E-state index contributed by atoms with van der Waals surface area (Å²) in [6.45, 7) is 1.95. The van der Waals surface area contributed by atoms with Gasteiger partial charge in [-0.2, -0.15) is 0 Å². The van der Waals surface area contributed by atoms with Crippen LogP contribution in [0.4, 0.5) is 5.69 Å². The molecule has 4 nitrogen and oxygen atoms in total. The average Bonchev–Trinajstić information content (AvgIpc) is 2.75. The number of benzene rings is 1. The Morgan fingerprint density at radius 1 is 1.59 bits per heavy atom. The van der Waals surface area contributed by atoms with Crippen LogP contribution in [0.2, 0.25) is 0 Å². The molecule has 1 heterocycles. The number of carbonyl (C=O) groups excluding carboxylic acids is 1. The number of nitrogens with zero attached hydrogens (tertiary/aromatic N) is 1. The first kappa shape index (κ1) is 11.9. The molecule has 17 heavy (non-hydrogen) atoms. The molecule has 2 aromatic rings. The second-order valence-electron chi connectivity index (χ2n) is 3.86. The molecule has 90 valence electrons. The number of carbonyl (C=O) groups is 1. The van der Waals surface area contributed by atoms with Crippen molar-refractivity contribution in [2.45, 2.75) is 19.4 Å². The van der Waals surface area contributed by atoms with Crippen LogP contribution in [0.1, 0.15) is 13.3 Å². The Hall–Kier alpha value is -1.62. The molecule has 0 fully saturated rings. The number of methoxy groups -OCH3 is 1. The van der Waals surface area contributed by atoms with E-state index in [4.69, 9.17) is 0 Å². The van der Waals surface area contributed by atoms with E-state index in [9.17, 15) is 4.79 Å². The quantitative estimate of drug-likeness (QED) is 0.848. The molecule has 1 N–H and O–H groups in total. The third-order valence-electron chi connectivity index (χ3n) is 2.44. The molecule has 1 aromatic carbocycles. The van der Waals surface area contributed by atoms with Crippen molar-refractivity contribution in [1.82, 2.24) is 4.98 Å². The minimum atomic E-state index is -0.205. The van der Waals surface area contributed by atoms with Crippen molar-refractivity contribution in [2.75, 3.05) is 12.4 Å². The summed E-state index contributed by atoms with van der Waals surface area (Å²) in [7, 11) is 1.40. The Morgan fingerprint density at radius 2 is 2.41 bits per heavy atom. The highest BCUT2D eigenvalue weighted by Crippen LogP contribution is 2.22. The lowest BCUT2D eigenvalue weighted by molar-refractivity contribution is -0.140. The van der Waals surface area contributed by atoms with Crippen LogP contribution in [0.25, 0.3) is 10.2 Å². The average molecular weight is 250 g/mol. The third kappa shape index (κ3) is 2.94. The number of fused-ring (bicyclic) bond motifs is 1. The zero-order valence-corrected chi connectivity index (χ0v) is 10.6. The van der Waals surface area contributed by atoms with E-state index in [1.807, 2.05) is 30.6 Å². The van der Waals surface area contributed by atoms with Gasteiger partial charge in [-0.1, -0.05) is 0 Å². The van der Waals surface area contributed by atoms with Crippen molar-refractivity contribution >= 4 is 33.2 Å². The minimum absolute atomic E-state index is 0.0489. The Morgan fingerprint density at radius 3 is 3.18 bits per heavy atom. The van der Waals surface area contributed by atoms with Gasteiger partial charge in [0.2, 0.25) is 0 Å².